The summed E-state index contributed by atoms with van der Waals surface area (Å²) in [6.45, 7) is 5.94. The van der Waals surface area contributed by atoms with Crippen LogP contribution < -0.4 is 25.0 Å². The number of aliphatic imine (C=N–C) groups is 1. The molecule has 1 aromatic heterocycles. The molecule has 1 unspecified atom stereocenters. The Morgan fingerprint density at radius 3 is 2.76 bits per heavy atom. The number of anilines is 1. The van der Waals surface area contributed by atoms with Crippen molar-refractivity contribution in [2.24, 2.45) is 4.99 Å². The van der Waals surface area contributed by atoms with Gasteiger partial charge in [-0.3, -0.25) is 4.99 Å². The maximum absolute atomic E-state index is 5.90. The van der Waals surface area contributed by atoms with Crippen LogP contribution in [0.15, 0.2) is 22.5 Å². The first-order chi connectivity index (χ1) is 13.5. The minimum absolute atomic E-state index is 0. The number of aromatic nitrogens is 1. The summed E-state index contributed by atoms with van der Waals surface area (Å²) in [5, 5.41) is 9.72. The van der Waals surface area contributed by atoms with E-state index in [0.29, 0.717) is 19.7 Å². The summed E-state index contributed by atoms with van der Waals surface area (Å²) in [4.78, 5) is 10.9. The van der Waals surface area contributed by atoms with E-state index in [9.17, 15) is 0 Å². The maximum atomic E-state index is 5.90. The lowest BCUT2D eigenvalue weighted by molar-refractivity contribution is 0.254. The zero-order valence-corrected chi connectivity index (χ0v) is 20.8. The molecule has 7 nitrogen and oxygen atoms in total. The van der Waals surface area contributed by atoms with Crippen LogP contribution in [0.2, 0.25) is 0 Å². The number of hydrogen-bond donors (Lipinski definition) is 2. The van der Waals surface area contributed by atoms with Crippen LogP contribution in [0.3, 0.4) is 0 Å². The minimum atomic E-state index is 0. The Morgan fingerprint density at radius 2 is 2.10 bits per heavy atom. The van der Waals surface area contributed by atoms with Gasteiger partial charge in [-0.15, -0.1) is 35.3 Å². The van der Waals surface area contributed by atoms with Gasteiger partial charge in [0.15, 0.2) is 11.1 Å². The molecule has 2 N–H and O–H groups in total. The van der Waals surface area contributed by atoms with Crippen molar-refractivity contribution >= 4 is 46.4 Å². The topological polar surface area (TPSA) is 71.0 Å². The van der Waals surface area contributed by atoms with Gasteiger partial charge in [-0.1, -0.05) is 0 Å². The molecule has 1 aliphatic heterocycles. The second-order valence-corrected chi connectivity index (χ2v) is 7.76. The number of ether oxygens (including phenoxy) is 2. The summed E-state index contributed by atoms with van der Waals surface area (Å²) in [6, 6.07) is 4.18. The summed E-state index contributed by atoms with van der Waals surface area (Å²) in [6.07, 6.45) is 1.14. The standard InChI is InChI=1S/C20H29N5O2S.HI/c1-6-26-17-8-14-7-13(2)27-18(14)9-15(17)10-22-19(21-3)23-11-16-12-28-20(24-16)25(4)5;/h8-9,12-13H,6-7,10-11H2,1-5H3,(H2,21,22,23);1H. The van der Waals surface area contributed by atoms with Crippen LogP contribution in [0.1, 0.15) is 30.7 Å². The van der Waals surface area contributed by atoms with Crippen LogP contribution in [0, 0.1) is 0 Å². The van der Waals surface area contributed by atoms with Crippen molar-refractivity contribution in [2.75, 3.05) is 32.6 Å². The van der Waals surface area contributed by atoms with Crippen LogP contribution >= 0.6 is 35.3 Å². The number of benzene rings is 1. The molecule has 2 heterocycles. The number of halogens is 1. The third kappa shape index (κ3) is 6.11. The lowest BCUT2D eigenvalue weighted by Crippen LogP contribution is -2.36. The van der Waals surface area contributed by atoms with Crippen molar-refractivity contribution in [3.05, 3.63) is 34.3 Å². The second kappa shape index (κ2) is 10.9. The molecule has 0 amide bonds. The third-order valence-corrected chi connectivity index (χ3v) is 5.47. The van der Waals surface area contributed by atoms with Crippen molar-refractivity contribution in [3.8, 4) is 11.5 Å². The summed E-state index contributed by atoms with van der Waals surface area (Å²) in [5.41, 5.74) is 3.26. The Balaban J connectivity index is 0.00000300. The Labute approximate surface area is 193 Å². The van der Waals surface area contributed by atoms with Gasteiger partial charge in [-0.05, 0) is 26.0 Å². The Kier molecular flexibility index (Phi) is 8.81. The molecule has 2 aromatic rings. The van der Waals surface area contributed by atoms with Crippen LogP contribution in [-0.4, -0.2) is 44.8 Å². The first-order valence-electron chi connectivity index (χ1n) is 9.51. The second-order valence-electron chi connectivity index (χ2n) is 6.93. The molecule has 1 aromatic carbocycles. The van der Waals surface area contributed by atoms with Crippen molar-refractivity contribution in [2.45, 2.75) is 39.5 Å². The fourth-order valence-corrected chi connectivity index (χ4v) is 3.82. The van der Waals surface area contributed by atoms with Gasteiger partial charge in [0.25, 0.3) is 0 Å². The van der Waals surface area contributed by atoms with Crippen LogP contribution in [-0.2, 0) is 19.5 Å². The van der Waals surface area contributed by atoms with E-state index >= 15 is 0 Å². The number of guanidine groups is 1. The molecule has 29 heavy (non-hydrogen) atoms. The summed E-state index contributed by atoms with van der Waals surface area (Å²) in [7, 11) is 5.75. The van der Waals surface area contributed by atoms with Gasteiger partial charge in [0.05, 0.1) is 18.8 Å². The van der Waals surface area contributed by atoms with Gasteiger partial charge in [-0.2, -0.15) is 0 Å². The highest BCUT2D eigenvalue weighted by molar-refractivity contribution is 14.0. The zero-order valence-electron chi connectivity index (χ0n) is 17.6. The maximum Gasteiger partial charge on any atom is 0.191 e. The molecule has 160 valence electrons. The molecule has 9 heteroatoms. The summed E-state index contributed by atoms with van der Waals surface area (Å²) < 4.78 is 11.7. The van der Waals surface area contributed by atoms with Crippen molar-refractivity contribution in [1.29, 1.82) is 0 Å². The Hall–Kier alpha value is -1.75. The first-order valence-corrected chi connectivity index (χ1v) is 10.4. The van der Waals surface area contributed by atoms with Crippen molar-refractivity contribution < 1.29 is 9.47 Å². The van der Waals surface area contributed by atoms with E-state index in [1.54, 1.807) is 18.4 Å². The van der Waals surface area contributed by atoms with E-state index in [2.05, 4.69) is 45.0 Å². The number of fused-ring (bicyclic) bond motifs is 1. The predicted octanol–water partition coefficient (Wildman–Crippen LogP) is 3.41. The predicted molar refractivity (Wildman–Crippen MR) is 130 cm³/mol. The molecule has 0 fully saturated rings. The molecule has 1 aliphatic rings. The fraction of sp³-hybridized carbons (Fsp3) is 0.500. The van der Waals surface area contributed by atoms with E-state index < -0.39 is 0 Å². The number of rotatable bonds is 7. The highest BCUT2D eigenvalue weighted by Gasteiger charge is 2.22. The van der Waals surface area contributed by atoms with Gasteiger partial charge >= 0.3 is 0 Å². The normalized spacial score (nSPS) is 15.2. The Morgan fingerprint density at radius 1 is 1.34 bits per heavy atom. The molecule has 0 bridgehead atoms. The largest absolute Gasteiger partial charge is 0.494 e. The molecule has 0 radical (unpaired) electrons. The molecular weight excluding hydrogens is 501 g/mol. The minimum Gasteiger partial charge on any atom is -0.494 e. The van der Waals surface area contributed by atoms with Crippen LogP contribution in [0.4, 0.5) is 5.13 Å². The van der Waals surface area contributed by atoms with Crippen LogP contribution in [0.5, 0.6) is 11.5 Å². The van der Waals surface area contributed by atoms with E-state index in [4.69, 9.17) is 9.47 Å². The van der Waals surface area contributed by atoms with Crippen LogP contribution in [0.25, 0.3) is 0 Å². The summed E-state index contributed by atoms with van der Waals surface area (Å²) >= 11 is 1.63. The average Bonchev–Trinajstić information content (AvgIpc) is 3.27. The lowest BCUT2D eigenvalue weighted by atomic mass is 10.1. The third-order valence-electron chi connectivity index (χ3n) is 4.41. The monoisotopic (exact) mass is 531 g/mol. The van der Waals surface area contributed by atoms with Gasteiger partial charge in [0.2, 0.25) is 0 Å². The number of hydrogen-bond acceptors (Lipinski definition) is 6. The fourth-order valence-electron chi connectivity index (χ4n) is 3.07. The molecule has 0 saturated carbocycles. The highest BCUT2D eigenvalue weighted by atomic mass is 127. The highest BCUT2D eigenvalue weighted by Crippen LogP contribution is 2.35. The molecule has 1 atom stereocenters. The van der Waals surface area contributed by atoms with Crippen molar-refractivity contribution in [1.82, 2.24) is 15.6 Å². The number of thiazole rings is 1. The van der Waals surface area contributed by atoms with Crippen molar-refractivity contribution in [3.63, 3.8) is 0 Å². The van der Waals surface area contributed by atoms with E-state index in [0.717, 1.165) is 40.3 Å². The Bertz CT molecular complexity index is 840. The first kappa shape index (κ1) is 23.5. The molecule has 0 aliphatic carbocycles. The molecule has 0 spiro atoms. The average molecular weight is 531 g/mol. The molecular formula is C20H30IN5O2S. The summed E-state index contributed by atoms with van der Waals surface area (Å²) in [5.74, 6) is 2.57. The lowest BCUT2D eigenvalue weighted by Gasteiger charge is -2.15. The van der Waals surface area contributed by atoms with Gasteiger partial charge in [0, 0.05) is 50.6 Å². The van der Waals surface area contributed by atoms with Gasteiger partial charge in [-0.25, -0.2) is 4.98 Å². The smallest absolute Gasteiger partial charge is 0.191 e. The van der Waals surface area contributed by atoms with E-state index in [1.807, 2.05) is 25.9 Å². The quantitative estimate of drug-likeness (QED) is 0.324. The van der Waals surface area contributed by atoms with E-state index in [1.165, 1.54) is 5.56 Å². The van der Waals surface area contributed by atoms with E-state index in [-0.39, 0.29) is 30.1 Å². The van der Waals surface area contributed by atoms with Gasteiger partial charge in [0.1, 0.15) is 17.6 Å². The molecule has 3 rings (SSSR count). The zero-order chi connectivity index (χ0) is 20.1. The number of nitrogens with one attached hydrogen (secondary N) is 2. The van der Waals surface area contributed by atoms with Gasteiger partial charge < -0.3 is 25.0 Å². The molecule has 0 saturated heterocycles. The number of nitrogens with zero attached hydrogens (tertiary/aromatic N) is 3. The SMILES string of the molecule is CCOc1cc2c(cc1CNC(=NC)NCc1csc(N(C)C)n1)OC(C)C2.I.